The van der Waals surface area contributed by atoms with Crippen LogP contribution >= 0.6 is 11.8 Å². The van der Waals surface area contributed by atoms with Crippen molar-refractivity contribution in [3.63, 3.8) is 0 Å². The third kappa shape index (κ3) is 5.85. The van der Waals surface area contributed by atoms with Crippen LogP contribution in [0.4, 0.5) is 24.5 Å². The average molecular weight is 478 g/mol. The Morgan fingerprint density at radius 1 is 1.15 bits per heavy atom. The summed E-state index contributed by atoms with van der Waals surface area (Å²) in [5, 5.41) is 10.7. The van der Waals surface area contributed by atoms with Gasteiger partial charge in [0.15, 0.2) is 0 Å². The van der Waals surface area contributed by atoms with Gasteiger partial charge in [0.05, 0.1) is 35.9 Å². The number of halogens is 3. The number of hydrogen-bond donors (Lipinski definition) is 1. The molecule has 0 atom stereocenters. The number of nitrogens with zero attached hydrogens (tertiary/aromatic N) is 3. The molecule has 174 valence electrons. The van der Waals surface area contributed by atoms with Gasteiger partial charge in [-0.3, -0.25) is 4.79 Å². The smallest absolute Gasteiger partial charge is 0.411 e. The van der Waals surface area contributed by atoms with E-state index >= 15 is 0 Å². The molecule has 1 fully saturated rings. The van der Waals surface area contributed by atoms with Crippen LogP contribution in [-0.2, 0) is 15.7 Å². The Labute approximate surface area is 192 Å². The summed E-state index contributed by atoms with van der Waals surface area (Å²) in [6.07, 6.45) is -4.52. The van der Waals surface area contributed by atoms with E-state index in [1.807, 2.05) is 36.1 Å². The zero-order valence-corrected chi connectivity index (χ0v) is 18.5. The first-order chi connectivity index (χ1) is 15.8. The highest BCUT2D eigenvalue weighted by Crippen LogP contribution is 2.36. The summed E-state index contributed by atoms with van der Waals surface area (Å²) in [6, 6.07) is 10.9. The molecule has 33 heavy (non-hydrogen) atoms. The van der Waals surface area contributed by atoms with Crippen molar-refractivity contribution < 1.29 is 27.1 Å². The zero-order chi connectivity index (χ0) is 23.4. The van der Waals surface area contributed by atoms with Crippen LogP contribution in [0.15, 0.2) is 52.1 Å². The molecular weight excluding hydrogens is 457 g/mol. The normalized spacial score (nSPS) is 14.4. The minimum absolute atomic E-state index is 0.100. The van der Waals surface area contributed by atoms with Gasteiger partial charge in [-0.05, 0) is 37.3 Å². The summed E-state index contributed by atoms with van der Waals surface area (Å²) < 4.78 is 50.6. The summed E-state index contributed by atoms with van der Waals surface area (Å²) in [6.45, 7) is 3.91. The zero-order valence-electron chi connectivity index (χ0n) is 17.7. The molecule has 1 N–H and O–H groups in total. The molecule has 1 aliphatic rings. The van der Waals surface area contributed by atoms with Gasteiger partial charge in [0, 0.05) is 18.7 Å². The molecule has 0 unspecified atom stereocenters. The minimum Gasteiger partial charge on any atom is -0.411 e. The van der Waals surface area contributed by atoms with E-state index in [0.29, 0.717) is 37.9 Å². The second kappa shape index (κ2) is 9.84. The molecule has 2 heterocycles. The molecule has 0 aliphatic carbocycles. The number of ether oxygens (including phenoxy) is 1. The Hall–Kier alpha value is -3.05. The quantitative estimate of drug-likeness (QED) is 0.518. The van der Waals surface area contributed by atoms with Crippen molar-refractivity contribution in [2.75, 3.05) is 42.3 Å². The lowest BCUT2D eigenvalue weighted by atomic mass is 10.1. The number of benzene rings is 2. The molecule has 3 aromatic rings. The standard InChI is InChI=1S/C22H21F3N4O3S/c1-14-3-2-4-15(11-14)20-27-28-21(32-20)33-13-19(30)26-17-12-16(22(23,24)25)5-6-18(17)29-7-9-31-10-8-29/h2-6,11-12H,7-10,13H2,1H3,(H,26,30). The van der Waals surface area contributed by atoms with Crippen molar-refractivity contribution >= 4 is 29.0 Å². The lowest BCUT2D eigenvalue weighted by Gasteiger charge is -2.31. The number of amides is 1. The predicted molar refractivity (Wildman–Crippen MR) is 118 cm³/mol. The maximum absolute atomic E-state index is 13.2. The SMILES string of the molecule is Cc1cccc(-c2nnc(SCC(=O)Nc3cc(C(F)(F)F)ccc3N3CCOCC3)o2)c1. The number of aromatic nitrogens is 2. The molecule has 0 spiro atoms. The van der Waals surface area contributed by atoms with Crippen LogP contribution in [0.1, 0.15) is 11.1 Å². The predicted octanol–water partition coefficient (Wildman–Crippen LogP) is 4.63. The number of thioether (sulfide) groups is 1. The van der Waals surface area contributed by atoms with Gasteiger partial charge in [0.1, 0.15) is 0 Å². The molecule has 1 saturated heterocycles. The van der Waals surface area contributed by atoms with Gasteiger partial charge >= 0.3 is 6.18 Å². The average Bonchev–Trinajstić information content (AvgIpc) is 3.27. The number of rotatable bonds is 6. The first kappa shape index (κ1) is 23.1. The molecule has 11 heteroatoms. The Balaban J connectivity index is 1.45. The Bertz CT molecular complexity index is 1130. The highest BCUT2D eigenvalue weighted by atomic mass is 32.2. The summed E-state index contributed by atoms with van der Waals surface area (Å²) in [4.78, 5) is 14.4. The van der Waals surface area contributed by atoms with E-state index in [-0.39, 0.29) is 16.7 Å². The highest BCUT2D eigenvalue weighted by Gasteiger charge is 2.32. The van der Waals surface area contributed by atoms with Gasteiger partial charge in [0.25, 0.3) is 5.22 Å². The number of aryl methyl sites for hydroxylation is 1. The van der Waals surface area contributed by atoms with Gasteiger partial charge in [-0.15, -0.1) is 10.2 Å². The second-order valence-corrected chi connectivity index (χ2v) is 8.34. The van der Waals surface area contributed by atoms with Crippen molar-refractivity contribution in [3.05, 3.63) is 53.6 Å². The number of alkyl halides is 3. The van der Waals surface area contributed by atoms with Crippen LogP contribution in [0.5, 0.6) is 0 Å². The van der Waals surface area contributed by atoms with Crippen LogP contribution in [0, 0.1) is 6.92 Å². The molecule has 4 rings (SSSR count). The maximum Gasteiger partial charge on any atom is 0.416 e. The first-order valence-corrected chi connectivity index (χ1v) is 11.2. The van der Waals surface area contributed by atoms with Crippen LogP contribution in [0.2, 0.25) is 0 Å². The van der Waals surface area contributed by atoms with Crippen LogP contribution in [-0.4, -0.2) is 48.2 Å². The van der Waals surface area contributed by atoms with E-state index in [1.54, 1.807) is 0 Å². The molecule has 1 aliphatic heterocycles. The number of carbonyl (C=O) groups is 1. The highest BCUT2D eigenvalue weighted by molar-refractivity contribution is 7.99. The fraction of sp³-hybridized carbons (Fsp3) is 0.318. The van der Waals surface area contributed by atoms with Crippen molar-refractivity contribution in [2.45, 2.75) is 18.3 Å². The number of morpholine rings is 1. The lowest BCUT2D eigenvalue weighted by molar-refractivity contribution is -0.137. The number of anilines is 2. The van der Waals surface area contributed by atoms with E-state index < -0.39 is 17.6 Å². The maximum atomic E-state index is 13.2. The Morgan fingerprint density at radius 2 is 1.94 bits per heavy atom. The first-order valence-electron chi connectivity index (χ1n) is 10.2. The fourth-order valence-corrected chi connectivity index (χ4v) is 3.93. The lowest BCUT2D eigenvalue weighted by Crippen LogP contribution is -2.37. The van der Waals surface area contributed by atoms with Crippen LogP contribution in [0.3, 0.4) is 0 Å². The molecule has 1 amide bonds. The van der Waals surface area contributed by atoms with E-state index in [0.717, 1.165) is 35.0 Å². The molecule has 7 nitrogen and oxygen atoms in total. The molecule has 0 bridgehead atoms. The Kier molecular flexibility index (Phi) is 6.89. The van der Waals surface area contributed by atoms with E-state index in [9.17, 15) is 18.0 Å². The van der Waals surface area contributed by atoms with Crippen molar-refractivity contribution in [3.8, 4) is 11.5 Å². The van der Waals surface area contributed by atoms with Gasteiger partial charge in [-0.1, -0.05) is 29.5 Å². The third-order valence-electron chi connectivity index (χ3n) is 4.95. The monoisotopic (exact) mass is 478 g/mol. The summed E-state index contributed by atoms with van der Waals surface area (Å²) >= 11 is 1.01. The van der Waals surface area contributed by atoms with Crippen molar-refractivity contribution in [1.29, 1.82) is 0 Å². The third-order valence-corrected chi connectivity index (χ3v) is 5.77. The topological polar surface area (TPSA) is 80.5 Å². The van der Waals surface area contributed by atoms with E-state index in [2.05, 4.69) is 15.5 Å². The fourth-order valence-electron chi connectivity index (χ4n) is 3.37. The van der Waals surface area contributed by atoms with Crippen molar-refractivity contribution in [2.24, 2.45) is 0 Å². The summed E-state index contributed by atoms with van der Waals surface area (Å²) in [7, 11) is 0. The number of nitrogens with one attached hydrogen (secondary N) is 1. The Morgan fingerprint density at radius 3 is 2.67 bits per heavy atom. The van der Waals surface area contributed by atoms with E-state index in [1.165, 1.54) is 6.07 Å². The van der Waals surface area contributed by atoms with Crippen molar-refractivity contribution in [1.82, 2.24) is 10.2 Å². The van der Waals surface area contributed by atoms with Crippen LogP contribution < -0.4 is 10.2 Å². The molecular formula is C22H21F3N4O3S. The van der Waals surface area contributed by atoms with E-state index in [4.69, 9.17) is 9.15 Å². The second-order valence-electron chi connectivity index (χ2n) is 7.41. The van der Waals surface area contributed by atoms with Gasteiger partial charge in [-0.2, -0.15) is 13.2 Å². The minimum atomic E-state index is -4.52. The largest absolute Gasteiger partial charge is 0.416 e. The summed E-state index contributed by atoms with van der Waals surface area (Å²) in [5.74, 6) is -0.257. The molecule has 1 aromatic heterocycles. The number of hydrogen-bond acceptors (Lipinski definition) is 7. The van der Waals surface area contributed by atoms with Gasteiger partial charge in [0.2, 0.25) is 11.8 Å². The van der Waals surface area contributed by atoms with Gasteiger partial charge in [-0.25, -0.2) is 0 Å². The molecule has 0 saturated carbocycles. The number of carbonyl (C=O) groups excluding carboxylic acids is 1. The van der Waals surface area contributed by atoms with Gasteiger partial charge < -0.3 is 19.4 Å². The molecule has 0 radical (unpaired) electrons. The summed E-state index contributed by atoms with van der Waals surface area (Å²) in [5.41, 5.74) is 1.59. The molecule has 2 aromatic carbocycles. The van der Waals surface area contributed by atoms with Crippen LogP contribution in [0.25, 0.3) is 11.5 Å².